The van der Waals surface area contributed by atoms with Crippen LogP contribution >= 0.6 is 0 Å². The topological polar surface area (TPSA) is 44.5 Å². The van der Waals surface area contributed by atoms with Crippen molar-refractivity contribution in [2.24, 2.45) is 5.73 Å². The molecule has 2 atom stereocenters. The quantitative estimate of drug-likeness (QED) is 0.834. The maximum Gasteiger partial charge on any atom is 0.163 e. The van der Waals surface area contributed by atoms with Crippen LogP contribution in [0.25, 0.3) is 0 Å². The number of hydrogen-bond donors (Lipinski definition) is 1. The Morgan fingerprint density at radius 3 is 2.75 bits per heavy atom. The van der Waals surface area contributed by atoms with E-state index in [9.17, 15) is 0 Å². The molecule has 0 spiro atoms. The summed E-state index contributed by atoms with van der Waals surface area (Å²) in [7, 11) is 0. The largest absolute Gasteiger partial charge is 0.347 e. The summed E-state index contributed by atoms with van der Waals surface area (Å²) in [4.78, 5) is 0. The van der Waals surface area contributed by atoms with E-state index in [4.69, 9.17) is 15.2 Å². The van der Waals surface area contributed by atoms with Gasteiger partial charge in [-0.05, 0) is 31.9 Å². The molecule has 1 fully saturated rings. The lowest BCUT2D eigenvalue weighted by Crippen LogP contribution is -2.19. The number of ether oxygens (including phenoxy) is 2. The third-order valence-electron chi connectivity index (χ3n) is 2.82. The van der Waals surface area contributed by atoms with Crippen molar-refractivity contribution in [3.8, 4) is 0 Å². The van der Waals surface area contributed by atoms with E-state index >= 15 is 0 Å². The lowest BCUT2D eigenvalue weighted by molar-refractivity contribution is -0.139. The number of nitrogens with two attached hydrogens (primary N) is 1. The fourth-order valence-electron chi connectivity index (χ4n) is 1.89. The normalized spacial score (nSPS) is 25.6. The Morgan fingerprint density at radius 2 is 2.19 bits per heavy atom. The van der Waals surface area contributed by atoms with Crippen molar-refractivity contribution in [3.63, 3.8) is 0 Å². The monoisotopic (exact) mass is 221 g/mol. The third kappa shape index (κ3) is 2.43. The SMILES string of the molecule is CC(N)c1cccc(C2COC(C)(C)O2)c1. The molecule has 2 unspecified atom stereocenters. The van der Waals surface area contributed by atoms with E-state index in [1.807, 2.05) is 32.9 Å². The molecule has 2 rings (SSSR count). The second-order valence-corrected chi connectivity index (χ2v) is 4.78. The smallest absolute Gasteiger partial charge is 0.163 e. The summed E-state index contributed by atoms with van der Waals surface area (Å²) < 4.78 is 11.4. The van der Waals surface area contributed by atoms with Crippen molar-refractivity contribution in [2.75, 3.05) is 6.61 Å². The van der Waals surface area contributed by atoms with E-state index in [0.717, 1.165) is 11.1 Å². The Kier molecular flexibility index (Phi) is 3.02. The van der Waals surface area contributed by atoms with E-state index in [1.54, 1.807) is 0 Å². The molecule has 0 amide bonds. The third-order valence-corrected chi connectivity index (χ3v) is 2.82. The molecule has 16 heavy (non-hydrogen) atoms. The summed E-state index contributed by atoms with van der Waals surface area (Å²) in [5, 5.41) is 0. The molecule has 0 radical (unpaired) electrons. The van der Waals surface area contributed by atoms with Crippen LogP contribution in [-0.2, 0) is 9.47 Å². The molecule has 0 saturated carbocycles. The highest BCUT2D eigenvalue weighted by atomic mass is 16.7. The summed E-state index contributed by atoms with van der Waals surface area (Å²) >= 11 is 0. The van der Waals surface area contributed by atoms with Gasteiger partial charge < -0.3 is 15.2 Å². The van der Waals surface area contributed by atoms with Crippen molar-refractivity contribution < 1.29 is 9.47 Å². The van der Waals surface area contributed by atoms with Crippen LogP contribution in [0.15, 0.2) is 24.3 Å². The molecular weight excluding hydrogens is 202 g/mol. The van der Waals surface area contributed by atoms with E-state index in [2.05, 4.69) is 12.1 Å². The maximum atomic E-state index is 5.86. The predicted octanol–water partition coefficient (Wildman–Crippen LogP) is 2.53. The minimum atomic E-state index is -0.477. The molecule has 1 aliphatic rings. The predicted molar refractivity (Wildman–Crippen MR) is 62.9 cm³/mol. The van der Waals surface area contributed by atoms with Crippen LogP contribution in [0.5, 0.6) is 0 Å². The lowest BCUT2D eigenvalue weighted by Gasteiger charge is -2.17. The van der Waals surface area contributed by atoms with Gasteiger partial charge in [0.05, 0.1) is 6.61 Å². The standard InChI is InChI=1S/C13H19NO2/c1-9(14)10-5-4-6-11(7-10)12-8-15-13(2,3)16-12/h4-7,9,12H,8,14H2,1-3H3. The van der Waals surface area contributed by atoms with Gasteiger partial charge in [-0.3, -0.25) is 0 Å². The molecule has 2 N–H and O–H groups in total. The fourth-order valence-corrected chi connectivity index (χ4v) is 1.89. The Morgan fingerprint density at radius 1 is 1.44 bits per heavy atom. The summed E-state index contributed by atoms with van der Waals surface area (Å²) in [5.74, 6) is -0.477. The lowest BCUT2D eigenvalue weighted by atomic mass is 10.0. The highest BCUT2D eigenvalue weighted by Crippen LogP contribution is 2.33. The zero-order chi connectivity index (χ0) is 11.8. The van der Waals surface area contributed by atoms with Crippen LogP contribution in [0.3, 0.4) is 0 Å². The first-order chi connectivity index (χ1) is 7.48. The van der Waals surface area contributed by atoms with Crippen molar-refractivity contribution >= 4 is 0 Å². The van der Waals surface area contributed by atoms with Crippen LogP contribution in [0.4, 0.5) is 0 Å². The van der Waals surface area contributed by atoms with Crippen molar-refractivity contribution in [1.29, 1.82) is 0 Å². The van der Waals surface area contributed by atoms with Gasteiger partial charge in [0.2, 0.25) is 0 Å². The fraction of sp³-hybridized carbons (Fsp3) is 0.538. The van der Waals surface area contributed by atoms with Crippen LogP contribution in [0.1, 0.15) is 44.0 Å². The van der Waals surface area contributed by atoms with E-state index in [0.29, 0.717) is 6.61 Å². The van der Waals surface area contributed by atoms with Crippen molar-refractivity contribution in [3.05, 3.63) is 35.4 Å². The molecule has 1 aromatic carbocycles. The highest BCUT2D eigenvalue weighted by molar-refractivity contribution is 5.27. The van der Waals surface area contributed by atoms with Crippen LogP contribution < -0.4 is 5.73 Å². The minimum absolute atomic E-state index is 0.0219. The first kappa shape index (κ1) is 11.6. The molecule has 3 nitrogen and oxygen atoms in total. The summed E-state index contributed by atoms with van der Waals surface area (Å²) in [6.45, 7) is 6.45. The molecule has 1 aliphatic heterocycles. The van der Waals surface area contributed by atoms with E-state index in [-0.39, 0.29) is 12.1 Å². The average molecular weight is 221 g/mol. The van der Waals surface area contributed by atoms with Gasteiger partial charge in [0.25, 0.3) is 0 Å². The number of benzene rings is 1. The van der Waals surface area contributed by atoms with E-state index < -0.39 is 5.79 Å². The van der Waals surface area contributed by atoms with Gasteiger partial charge in [-0.15, -0.1) is 0 Å². The molecule has 3 heteroatoms. The van der Waals surface area contributed by atoms with Crippen molar-refractivity contribution in [1.82, 2.24) is 0 Å². The van der Waals surface area contributed by atoms with Gasteiger partial charge >= 0.3 is 0 Å². The molecule has 1 saturated heterocycles. The first-order valence-corrected chi connectivity index (χ1v) is 5.65. The van der Waals surface area contributed by atoms with Gasteiger partial charge in [0, 0.05) is 6.04 Å². The Bertz CT molecular complexity index is 374. The molecule has 88 valence electrons. The molecule has 0 aliphatic carbocycles. The second-order valence-electron chi connectivity index (χ2n) is 4.78. The summed E-state index contributed by atoms with van der Waals surface area (Å²) in [6.07, 6.45) is 0.0219. The summed E-state index contributed by atoms with van der Waals surface area (Å²) in [6, 6.07) is 8.26. The van der Waals surface area contributed by atoms with Gasteiger partial charge in [0.15, 0.2) is 5.79 Å². The van der Waals surface area contributed by atoms with Crippen LogP contribution in [0, 0.1) is 0 Å². The maximum absolute atomic E-state index is 5.86. The highest BCUT2D eigenvalue weighted by Gasteiger charge is 2.33. The minimum Gasteiger partial charge on any atom is -0.347 e. The van der Waals surface area contributed by atoms with Crippen LogP contribution in [-0.4, -0.2) is 12.4 Å². The van der Waals surface area contributed by atoms with Gasteiger partial charge in [0.1, 0.15) is 6.10 Å². The Balaban J connectivity index is 2.19. The molecule has 0 bridgehead atoms. The molecular formula is C13H19NO2. The van der Waals surface area contributed by atoms with Gasteiger partial charge in [-0.25, -0.2) is 0 Å². The number of rotatable bonds is 2. The van der Waals surface area contributed by atoms with Gasteiger partial charge in [-0.2, -0.15) is 0 Å². The molecule has 0 aromatic heterocycles. The van der Waals surface area contributed by atoms with Crippen molar-refractivity contribution in [2.45, 2.75) is 38.7 Å². The Hall–Kier alpha value is -0.900. The van der Waals surface area contributed by atoms with E-state index in [1.165, 1.54) is 0 Å². The first-order valence-electron chi connectivity index (χ1n) is 5.65. The molecule has 1 heterocycles. The second kappa shape index (κ2) is 4.17. The molecule has 1 aromatic rings. The zero-order valence-corrected chi connectivity index (χ0v) is 10.1. The van der Waals surface area contributed by atoms with Gasteiger partial charge in [-0.1, -0.05) is 24.3 Å². The summed E-state index contributed by atoms with van der Waals surface area (Å²) in [5.41, 5.74) is 8.13. The Labute approximate surface area is 96.5 Å². The van der Waals surface area contributed by atoms with Crippen LogP contribution in [0.2, 0.25) is 0 Å². The zero-order valence-electron chi connectivity index (χ0n) is 10.1. The number of hydrogen-bond acceptors (Lipinski definition) is 3. The average Bonchev–Trinajstić information content (AvgIpc) is 2.59.